The normalized spacial score (nSPS) is 17.1. The number of nitrogens with one attached hydrogen (secondary N) is 1. The van der Waals surface area contributed by atoms with E-state index in [1.165, 1.54) is 22.7 Å². The summed E-state index contributed by atoms with van der Waals surface area (Å²) in [5.41, 5.74) is 3.25. The molecule has 0 bridgehead atoms. The maximum atomic E-state index is 12.9. The van der Waals surface area contributed by atoms with Crippen molar-refractivity contribution in [3.05, 3.63) is 33.2 Å². The molecule has 0 aromatic carbocycles. The van der Waals surface area contributed by atoms with E-state index in [4.69, 9.17) is 4.74 Å². The summed E-state index contributed by atoms with van der Waals surface area (Å²) in [7, 11) is 0. The number of carbonyl (C=O) groups is 3. The van der Waals surface area contributed by atoms with Gasteiger partial charge in [0, 0.05) is 36.9 Å². The zero-order chi connectivity index (χ0) is 21.0. The third-order valence-corrected chi connectivity index (χ3v) is 5.38. The third kappa shape index (κ3) is 5.51. The van der Waals surface area contributed by atoms with Gasteiger partial charge >= 0.3 is 6.09 Å². The lowest BCUT2D eigenvalue weighted by Gasteiger charge is -2.41. The Morgan fingerprint density at radius 1 is 1.14 bits per heavy atom. The molecular weight excluding hydrogens is 414 g/mol. The maximum absolute atomic E-state index is 12.9. The summed E-state index contributed by atoms with van der Waals surface area (Å²) in [6.45, 7) is 6.53. The minimum absolute atomic E-state index is 0.186. The molecule has 0 spiro atoms. The number of carbonyl (C=O) groups excluding carboxylic acids is 3. The monoisotopic (exact) mass is 437 g/mol. The van der Waals surface area contributed by atoms with Gasteiger partial charge in [-0.3, -0.25) is 9.59 Å². The van der Waals surface area contributed by atoms with Crippen molar-refractivity contribution in [2.24, 2.45) is 0 Å². The van der Waals surface area contributed by atoms with Crippen LogP contribution in [0.1, 0.15) is 41.7 Å². The number of hydrogen-bond donors (Lipinski definition) is 1. The van der Waals surface area contributed by atoms with Crippen LogP contribution >= 0.6 is 22.7 Å². The summed E-state index contributed by atoms with van der Waals surface area (Å²) in [5, 5.41) is 6.15. The molecule has 3 heterocycles. The van der Waals surface area contributed by atoms with E-state index in [1.54, 1.807) is 52.4 Å². The highest BCUT2D eigenvalue weighted by atomic mass is 32.1. The van der Waals surface area contributed by atoms with Crippen LogP contribution in [0, 0.1) is 0 Å². The molecule has 1 aliphatic heterocycles. The molecule has 0 aliphatic carbocycles. The summed E-state index contributed by atoms with van der Waals surface area (Å²) < 4.78 is 5.45. The molecule has 0 radical (unpaired) electrons. The first-order valence-electron chi connectivity index (χ1n) is 9.08. The van der Waals surface area contributed by atoms with Gasteiger partial charge in [-0.15, -0.1) is 22.7 Å². The molecule has 0 unspecified atom stereocenters. The molecule has 9 nitrogen and oxygen atoms in total. The lowest BCUT2D eigenvalue weighted by molar-refractivity contribution is 0.00448. The first-order valence-corrected chi connectivity index (χ1v) is 11.0. The first-order chi connectivity index (χ1) is 13.7. The van der Waals surface area contributed by atoms with Gasteiger partial charge in [0.05, 0.1) is 17.1 Å². The number of amides is 3. The van der Waals surface area contributed by atoms with E-state index in [0.29, 0.717) is 24.5 Å². The molecule has 29 heavy (non-hydrogen) atoms. The average Bonchev–Trinajstić information content (AvgIpc) is 3.37. The molecule has 1 N–H and O–H groups in total. The summed E-state index contributed by atoms with van der Waals surface area (Å²) in [6.07, 6.45) is -0.436. The van der Waals surface area contributed by atoms with Crippen LogP contribution in [0.4, 0.5) is 4.79 Å². The Labute approximate surface area is 176 Å². The van der Waals surface area contributed by atoms with Crippen LogP contribution in [0.15, 0.2) is 21.8 Å². The number of piperazine rings is 1. The van der Waals surface area contributed by atoms with Crippen LogP contribution in [-0.4, -0.2) is 75.5 Å². The van der Waals surface area contributed by atoms with E-state index in [-0.39, 0.29) is 24.9 Å². The Bertz CT molecular complexity index is 848. The zero-order valence-corrected chi connectivity index (χ0v) is 18.1. The van der Waals surface area contributed by atoms with E-state index in [2.05, 4.69) is 15.3 Å². The van der Waals surface area contributed by atoms with Crippen molar-refractivity contribution in [1.82, 2.24) is 25.1 Å². The third-order valence-electron chi connectivity index (χ3n) is 4.21. The molecule has 3 rings (SSSR count). The van der Waals surface area contributed by atoms with Crippen molar-refractivity contribution in [3.63, 3.8) is 0 Å². The quantitative estimate of drug-likeness (QED) is 0.785. The van der Waals surface area contributed by atoms with Gasteiger partial charge in [0.25, 0.3) is 11.8 Å². The van der Waals surface area contributed by atoms with Gasteiger partial charge in [0.1, 0.15) is 17.0 Å². The number of aromatic nitrogens is 2. The van der Waals surface area contributed by atoms with Gasteiger partial charge in [-0.25, -0.2) is 14.8 Å². The van der Waals surface area contributed by atoms with E-state index >= 15 is 0 Å². The predicted molar refractivity (Wildman–Crippen MR) is 109 cm³/mol. The van der Waals surface area contributed by atoms with Crippen molar-refractivity contribution in [1.29, 1.82) is 0 Å². The van der Waals surface area contributed by atoms with Crippen LogP contribution in [0.3, 0.4) is 0 Å². The molecule has 1 saturated heterocycles. The second kappa shape index (κ2) is 8.87. The minimum Gasteiger partial charge on any atom is -0.444 e. The highest BCUT2D eigenvalue weighted by molar-refractivity contribution is 7.08. The van der Waals surface area contributed by atoms with Crippen molar-refractivity contribution in [2.45, 2.75) is 32.4 Å². The SMILES string of the molecule is CC(C)(C)OC(=O)N1CCN(C(=O)c2cscn2)[C@@H](CNC(=O)c2cscn2)C1. The maximum Gasteiger partial charge on any atom is 0.410 e. The zero-order valence-electron chi connectivity index (χ0n) is 16.5. The Morgan fingerprint density at radius 3 is 2.38 bits per heavy atom. The van der Waals surface area contributed by atoms with Crippen molar-refractivity contribution in [3.8, 4) is 0 Å². The fourth-order valence-corrected chi connectivity index (χ4v) is 3.94. The molecule has 0 saturated carbocycles. The molecule has 11 heteroatoms. The minimum atomic E-state index is -0.612. The number of rotatable bonds is 4. The van der Waals surface area contributed by atoms with Crippen LogP contribution in [-0.2, 0) is 4.74 Å². The molecule has 156 valence electrons. The highest BCUT2D eigenvalue weighted by Crippen LogP contribution is 2.17. The molecular formula is C18H23N5O4S2. The summed E-state index contributed by atoms with van der Waals surface area (Å²) in [5.74, 6) is -0.537. The Balaban J connectivity index is 1.71. The highest BCUT2D eigenvalue weighted by Gasteiger charge is 2.35. The largest absolute Gasteiger partial charge is 0.444 e. The first kappa shape index (κ1) is 21.2. The molecule has 1 atom stereocenters. The predicted octanol–water partition coefficient (Wildman–Crippen LogP) is 2.09. The summed E-state index contributed by atoms with van der Waals surface area (Å²) >= 11 is 2.67. The molecule has 1 fully saturated rings. The molecule has 3 amide bonds. The summed E-state index contributed by atoms with van der Waals surface area (Å²) in [6, 6.07) is -0.409. The molecule has 2 aromatic heterocycles. The van der Waals surface area contributed by atoms with Gasteiger partial charge in [-0.05, 0) is 20.8 Å². The van der Waals surface area contributed by atoms with E-state index in [9.17, 15) is 14.4 Å². The van der Waals surface area contributed by atoms with Crippen LogP contribution in [0.2, 0.25) is 0 Å². The lowest BCUT2D eigenvalue weighted by Crippen LogP contribution is -2.60. The fraction of sp³-hybridized carbons (Fsp3) is 0.500. The van der Waals surface area contributed by atoms with Crippen molar-refractivity contribution >= 4 is 40.6 Å². The smallest absolute Gasteiger partial charge is 0.410 e. The van der Waals surface area contributed by atoms with E-state index in [0.717, 1.165) is 0 Å². The topological polar surface area (TPSA) is 105 Å². The van der Waals surface area contributed by atoms with Gasteiger partial charge in [0.15, 0.2) is 0 Å². The molecule has 2 aromatic rings. The Kier molecular flexibility index (Phi) is 6.48. The summed E-state index contributed by atoms with van der Waals surface area (Å²) in [4.78, 5) is 48.9. The van der Waals surface area contributed by atoms with Crippen molar-refractivity contribution in [2.75, 3.05) is 26.2 Å². The van der Waals surface area contributed by atoms with Gasteiger partial charge in [-0.2, -0.15) is 0 Å². The fourth-order valence-electron chi connectivity index (χ4n) is 2.88. The van der Waals surface area contributed by atoms with Gasteiger partial charge < -0.3 is 19.9 Å². The Morgan fingerprint density at radius 2 is 1.79 bits per heavy atom. The number of thiazole rings is 2. The number of hydrogen-bond acceptors (Lipinski definition) is 8. The van der Waals surface area contributed by atoms with Gasteiger partial charge in [-0.1, -0.05) is 0 Å². The van der Waals surface area contributed by atoms with Crippen LogP contribution in [0.25, 0.3) is 0 Å². The van der Waals surface area contributed by atoms with Crippen LogP contribution < -0.4 is 5.32 Å². The standard InChI is InChI=1S/C18H23N5O4S2/c1-18(2,3)27-17(26)22-4-5-23(16(25)14-9-29-11-21-14)12(7-22)6-19-15(24)13-8-28-10-20-13/h8-12H,4-7H2,1-3H3,(H,19,24)/t12-/m0/s1. The lowest BCUT2D eigenvalue weighted by atomic mass is 10.1. The molecule has 1 aliphatic rings. The average molecular weight is 438 g/mol. The Hall–Kier alpha value is -2.53. The number of nitrogens with zero attached hydrogens (tertiary/aromatic N) is 4. The number of ether oxygens (including phenoxy) is 1. The second-order valence-corrected chi connectivity index (χ2v) is 8.97. The van der Waals surface area contributed by atoms with Crippen LogP contribution in [0.5, 0.6) is 0 Å². The second-order valence-electron chi connectivity index (χ2n) is 7.54. The van der Waals surface area contributed by atoms with Crippen molar-refractivity contribution < 1.29 is 19.1 Å². The van der Waals surface area contributed by atoms with E-state index < -0.39 is 17.7 Å². The van der Waals surface area contributed by atoms with Gasteiger partial charge in [0.2, 0.25) is 0 Å². The van der Waals surface area contributed by atoms with E-state index in [1.807, 2.05) is 0 Å².